The lowest BCUT2D eigenvalue weighted by atomic mass is 10.1. The highest BCUT2D eigenvalue weighted by Gasteiger charge is 2.22. The van der Waals surface area contributed by atoms with Crippen molar-refractivity contribution in [1.82, 2.24) is 19.7 Å². The number of anilines is 1. The van der Waals surface area contributed by atoms with Gasteiger partial charge in [-0.25, -0.2) is 4.98 Å². The molecule has 6 heteroatoms. The standard InChI is InChI=1S/C20H21N5O/c26-20(18-7-5-17(6-8-18)16-25-11-3-10-22-25)24-14-12-23(13-15-24)19-4-1-2-9-21-19/h1-11H,12-16H2. The number of amides is 1. The first-order valence-corrected chi connectivity index (χ1v) is 8.81. The average Bonchev–Trinajstić information content (AvgIpc) is 3.22. The molecule has 0 aliphatic carbocycles. The first-order chi connectivity index (χ1) is 12.8. The first kappa shape index (κ1) is 16.3. The molecule has 2 aromatic heterocycles. The van der Waals surface area contributed by atoms with E-state index in [2.05, 4.69) is 15.0 Å². The van der Waals surface area contributed by atoms with Crippen LogP contribution in [0.15, 0.2) is 67.1 Å². The molecule has 4 rings (SSSR count). The van der Waals surface area contributed by atoms with Crippen molar-refractivity contribution >= 4 is 11.7 Å². The summed E-state index contributed by atoms with van der Waals surface area (Å²) in [6, 6.07) is 15.6. The van der Waals surface area contributed by atoms with Gasteiger partial charge in [0.2, 0.25) is 0 Å². The van der Waals surface area contributed by atoms with Crippen LogP contribution in [0.4, 0.5) is 5.82 Å². The van der Waals surface area contributed by atoms with Gasteiger partial charge in [-0.3, -0.25) is 9.48 Å². The molecule has 0 radical (unpaired) electrons. The zero-order chi connectivity index (χ0) is 17.8. The fourth-order valence-electron chi connectivity index (χ4n) is 3.20. The number of benzene rings is 1. The maximum atomic E-state index is 12.7. The third kappa shape index (κ3) is 3.59. The van der Waals surface area contributed by atoms with Crippen molar-refractivity contribution in [2.24, 2.45) is 0 Å². The second kappa shape index (κ2) is 7.39. The Morgan fingerprint density at radius 1 is 0.923 bits per heavy atom. The van der Waals surface area contributed by atoms with E-state index >= 15 is 0 Å². The Labute approximate surface area is 152 Å². The van der Waals surface area contributed by atoms with Gasteiger partial charge in [0.15, 0.2) is 0 Å². The molecule has 1 saturated heterocycles. The lowest BCUT2D eigenvalue weighted by Gasteiger charge is -2.35. The molecule has 0 N–H and O–H groups in total. The Bertz CT molecular complexity index is 838. The van der Waals surface area contributed by atoms with Gasteiger partial charge in [-0.2, -0.15) is 5.10 Å². The van der Waals surface area contributed by atoms with E-state index in [0.29, 0.717) is 19.6 Å². The molecule has 1 aromatic carbocycles. The average molecular weight is 347 g/mol. The summed E-state index contributed by atoms with van der Waals surface area (Å²) in [7, 11) is 0. The van der Waals surface area contributed by atoms with Crippen LogP contribution in [-0.4, -0.2) is 51.8 Å². The quantitative estimate of drug-likeness (QED) is 0.727. The molecule has 6 nitrogen and oxygen atoms in total. The molecule has 0 atom stereocenters. The molecule has 1 fully saturated rings. The summed E-state index contributed by atoms with van der Waals surface area (Å²) < 4.78 is 1.87. The minimum atomic E-state index is 0.0938. The number of carbonyl (C=O) groups is 1. The van der Waals surface area contributed by atoms with Crippen molar-refractivity contribution in [3.63, 3.8) is 0 Å². The molecule has 3 heterocycles. The summed E-state index contributed by atoms with van der Waals surface area (Å²) in [4.78, 5) is 21.3. The zero-order valence-corrected chi connectivity index (χ0v) is 14.5. The lowest BCUT2D eigenvalue weighted by Crippen LogP contribution is -2.49. The molecule has 1 amide bonds. The molecule has 132 valence electrons. The number of hydrogen-bond acceptors (Lipinski definition) is 4. The molecular weight excluding hydrogens is 326 g/mol. The fourth-order valence-corrected chi connectivity index (χ4v) is 3.20. The van der Waals surface area contributed by atoms with E-state index in [-0.39, 0.29) is 5.91 Å². The van der Waals surface area contributed by atoms with Crippen molar-refractivity contribution in [3.8, 4) is 0 Å². The molecule has 0 unspecified atom stereocenters. The Morgan fingerprint density at radius 2 is 1.73 bits per heavy atom. The lowest BCUT2D eigenvalue weighted by molar-refractivity contribution is 0.0746. The topological polar surface area (TPSA) is 54.3 Å². The van der Waals surface area contributed by atoms with E-state index < -0.39 is 0 Å². The number of hydrogen-bond donors (Lipinski definition) is 0. The highest BCUT2D eigenvalue weighted by Crippen LogP contribution is 2.15. The predicted octanol–water partition coefficient (Wildman–Crippen LogP) is 2.29. The van der Waals surface area contributed by atoms with Crippen LogP contribution in [0, 0.1) is 0 Å². The van der Waals surface area contributed by atoms with E-state index in [1.54, 1.807) is 12.4 Å². The summed E-state index contributed by atoms with van der Waals surface area (Å²) in [5.41, 5.74) is 1.87. The van der Waals surface area contributed by atoms with Gasteiger partial charge in [0, 0.05) is 50.3 Å². The number of rotatable bonds is 4. The minimum Gasteiger partial charge on any atom is -0.353 e. The summed E-state index contributed by atoms with van der Waals surface area (Å²) >= 11 is 0. The Kier molecular flexibility index (Phi) is 4.64. The summed E-state index contributed by atoms with van der Waals surface area (Å²) in [6.07, 6.45) is 5.50. The molecule has 1 aliphatic heterocycles. The predicted molar refractivity (Wildman–Crippen MR) is 100 cm³/mol. The maximum Gasteiger partial charge on any atom is 0.253 e. The SMILES string of the molecule is O=C(c1ccc(Cn2cccn2)cc1)N1CCN(c2ccccn2)CC1. The van der Waals surface area contributed by atoms with Crippen LogP contribution >= 0.6 is 0 Å². The maximum absolute atomic E-state index is 12.7. The van der Waals surface area contributed by atoms with Crippen LogP contribution in [0.25, 0.3) is 0 Å². The minimum absolute atomic E-state index is 0.0938. The number of nitrogens with zero attached hydrogens (tertiary/aromatic N) is 5. The van der Waals surface area contributed by atoms with Crippen molar-refractivity contribution in [2.45, 2.75) is 6.54 Å². The van der Waals surface area contributed by atoms with E-state index in [9.17, 15) is 4.79 Å². The molecular formula is C20H21N5O. The molecule has 0 spiro atoms. The Balaban J connectivity index is 1.36. The second-order valence-corrected chi connectivity index (χ2v) is 6.37. The van der Waals surface area contributed by atoms with Crippen LogP contribution in [0.2, 0.25) is 0 Å². The first-order valence-electron chi connectivity index (χ1n) is 8.81. The molecule has 3 aromatic rings. The Morgan fingerprint density at radius 3 is 2.38 bits per heavy atom. The van der Waals surface area contributed by atoms with Crippen LogP contribution in [0.1, 0.15) is 15.9 Å². The largest absolute Gasteiger partial charge is 0.353 e. The van der Waals surface area contributed by atoms with Crippen molar-refractivity contribution in [1.29, 1.82) is 0 Å². The second-order valence-electron chi connectivity index (χ2n) is 6.37. The summed E-state index contributed by atoms with van der Waals surface area (Å²) in [5, 5.41) is 4.21. The van der Waals surface area contributed by atoms with Gasteiger partial charge in [-0.1, -0.05) is 18.2 Å². The third-order valence-corrected chi connectivity index (χ3v) is 4.64. The summed E-state index contributed by atoms with van der Waals surface area (Å²) in [6.45, 7) is 3.75. The highest BCUT2D eigenvalue weighted by atomic mass is 16.2. The van der Waals surface area contributed by atoms with E-state index in [1.165, 1.54) is 0 Å². The van der Waals surface area contributed by atoms with Crippen molar-refractivity contribution in [3.05, 3.63) is 78.2 Å². The van der Waals surface area contributed by atoms with Gasteiger partial charge in [-0.15, -0.1) is 0 Å². The van der Waals surface area contributed by atoms with Crippen LogP contribution in [0.5, 0.6) is 0 Å². The van der Waals surface area contributed by atoms with Crippen LogP contribution in [-0.2, 0) is 6.54 Å². The monoisotopic (exact) mass is 347 g/mol. The number of piperazine rings is 1. The zero-order valence-electron chi connectivity index (χ0n) is 14.5. The van der Waals surface area contributed by atoms with Crippen LogP contribution < -0.4 is 4.90 Å². The van der Waals surface area contributed by atoms with Gasteiger partial charge < -0.3 is 9.80 Å². The van der Waals surface area contributed by atoms with Gasteiger partial charge in [-0.05, 0) is 35.9 Å². The van der Waals surface area contributed by atoms with Gasteiger partial charge in [0.25, 0.3) is 5.91 Å². The highest BCUT2D eigenvalue weighted by molar-refractivity contribution is 5.94. The van der Waals surface area contributed by atoms with E-state index in [4.69, 9.17) is 0 Å². The third-order valence-electron chi connectivity index (χ3n) is 4.64. The van der Waals surface area contributed by atoms with Crippen molar-refractivity contribution in [2.75, 3.05) is 31.1 Å². The summed E-state index contributed by atoms with van der Waals surface area (Å²) in [5.74, 6) is 1.07. The number of pyridine rings is 1. The molecule has 0 bridgehead atoms. The fraction of sp³-hybridized carbons (Fsp3) is 0.250. The van der Waals surface area contributed by atoms with Gasteiger partial charge in [0.1, 0.15) is 5.82 Å². The van der Waals surface area contributed by atoms with E-state index in [1.807, 2.05) is 64.3 Å². The Hall–Kier alpha value is -3.15. The normalized spacial score (nSPS) is 14.5. The smallest absolute Gasteiger partial charge is 0.253 e. The number of aromatic nitrogens is 3. The van der Waals surface area contributed by atoms with E-state index in [0.717, 1.165) is 30.0 Å². The van der Waals surface area contributed by atoms with Crippen LogP contribution in [0.3, 0.4) is 0 Å². The molecule has 1 aliphatic rings. The molecule has 0 saturated carbocycles. The van der Waals surface area contributed by atoms with Gasteiger partial charge >= 0.3 is 0 Å². The molecule has 26 heavy (non-hydrogen) atoms. The number of carbonyl (C=O) groups excluding carboxylic acids is 1. The van der Waals surface area contributed by atoms with Gasteiger partial charge in [0.05, 0.1) is 6.54 Å². The van der Waals surface area contributed by atoms with Crippen molar-refractivity contribution < 1.29 is 4.79 Å².